The van der Waals surface area contributed by atoms with Gasteiger partial charge >= 0.3 is 0 Å². The number of benzene rings is 1. The summed E-state index contributed by atoms with van der Waals surface area (Å²) in [4.78, 5) is 4.03. The predicted octanol–water partition coefficient (Wildman–Crippen LogP) is 7.77. The van der Waals surface area contributed by atoms with Crippen LogP contribution in [0.15, 0.2) is 29.3 Å². The molecule has 2 fully saturated rings. The number of nitrogens with zero attached hydrogens (tertiary/aromatic N) is 1. The third kappa shape index (κ3) is 5.76. The first-order chi connectivity index (χ1) is 12.8. The lowest BCUT2D eigenvalue weighted by Gasteiger charge is -2.38. The summed E-state index contributed by atoms with van der Waals surface area (Å²) in [5.41, 5.74) is 2.35. The molecule has 1 nitrogen and oxygen atoms in total. The molecular weight excluding hydrogens is 334 g/mol. The van der Waals surface area contributed by atoms with E-state index in [1.165, 1.54) is 82.6 Å². The van der Waals surface area contributed by atoms with E-state index in [4.69, 9.17) is 0 Å². The fourth-order valence-electron chi connectivity index (χ4n) is 5.47. The number of rotatable bonds is 7. The Morgan fingerprint density at radius 3 is 1.88 bits per heavy atom. The van der Waals surface area contributed by atoms with Crippen LogP contribution >= 0.6 is 12.2 Å². The average Bonchev–Trinajstić information content (AvgIpc) is 2.69. The van der Waals surface area contributed by atoms with E-state index in [1.807, 2.05) is 0 Å². The lowest BCUT2D eigenvalue weighted by atomic mass is 9.68. The Labute approximate surface area is 165 Å². The first-order valence-corrected chi connectivity index (χ1v) is 11.4. The van der Waals surface area contributed by atoms with Gasteiger partial charge in [-0.05, 0) is 92.1 Å². The SMILES string of the molecule is CCCC1CCC(C2CCC(CCc3ccc(N=C=S)cc3)CC2)CC1. The molecule has 0 atom stereocenters. The van der Waals surface area contributed by atoms with Gasteiger partial charge in [-0.2, -0.15) is 4.99 Å². The zero-order chi connectivity index (χ0) is 18.2. The van der Waals surface area contributed by atoms with Gasteiger partial charge in [-0.15, -0.1) is 0 Å². The number of hydrogen-bond acceptors (Lipinski definition) is 2. The third-order valence-electron chi connectivity index (χ3n) is 7.10. The summed E-state index contributed by atoms with van der Waals surface area (Å²) in [6.07, 6.45) is 17.4. The van der Waals surface area contributed by atoms with Crippen molar-refractivity contribution in [3.8, 4) is 0 Å². The van der Waals surface area contributed by atoms with E-state index in [-0.39, 0.29) is 0 Å². The second kappa shape index (κ2) is 10.4. The molecule has 2 aliphatic rings. The lowest BCUT2D eigenvalue weighted by molar-refractivity contribution is 0.141. The monoisotopic (exact) mass is 369 g/mol. The normalized spacial score (nSPS) is 29.1. The predicted molar refractivity (Wildman–Crippen MR) is 115 cm³/mol. The molecule has 0 amide bonds. The molecule has 26 heavy (non-hydrogen) atoms. The van der Waals surface area contributed by atoms with Gasteiger partial charge in [0.15, 0.2) is 0 Å². The van der Waals surface area contributed by atoms with Gasteiger partial charge in [0, 0.05) is 0 Å². The second-order valence-corrected chi connectivity index (χ2v) is 8.94. The van der Waals surface area contributed by atoms with Crippen molar-refractivity contribution < 1.29 is 0 Å². The van der Waals surface area contributed by atoms with Crippen molar-refractivity contribution in [3.63, 3.8) is 0 Å². The minimum atomic E-state index is 0.915. The molecule has 0 aliphatic heterocycles. The van der Waals surface area contributed by atoms with Crippen LogP contribution in [0.2, 0.25) is 0 Å². The molecule has 2 aliphatic carbocycles. The maximum Gasteiger partial charge on any atom is 0.0739 e. The van der Waals surface area contributed by atoms with Crippen molar-refractivity contribution in [2.24, 2.45) is 28.7 Å². The Bertz CT molecular complexity index is 571. The largest absolute Gasteiger partial charge is 0.195 e. The Morgan fingerprint density at radius 2 is 1.38 bits per heavy atom. The summed E-state index contributed by atoms with van der Waals surface area (Å²) in [5.74, 6) is 4.09. The Morgan fingerprint density at radius 1 is 0.846 bits per heavy atom. The Hall–Kier alpha value is -0.980. The van der Waals surface area contributed by atoms with Crippen molar-refractivity contribution in [1.29, 1.82) is 0 Å². The summed E-state index contributed by atoms with van der Waals surface area (Å²) in [7, 11) is 0. The number of thiocarbonyl (C=S) groups is 1. The minimum Gasteiger partial charge on any atom is -0.195 e. The summed E-state index contributed by atoms with van der Waals surface area (Å²) >= 11 is 4.66. The summed E-state index contributed by atoms with van der Waals surface area (Å²) in [6.45, 7) is 2.34. The number of isothiocyanates is 1. The molecule has 0 bridgehead atoms. The van der Waals surface area contributed by atoms with E-state index in [0.29, 0.717) is 0 Å². The molecule has 3 rings (SSSR count). The van der Waals surface area contributed by atoms with E-state index in [9.17, 15) is 0 Å². The number of aryl methyl sites for hydroxylation is 1. The third-order valence-corrected chi connectivity index (χ3v) is 7.19. The molecule has 0 unspecified atom stereocenters. The zero-order valence-electron chi connectivity index (χ0n) is 16.5. The van der Waals surface area contributed by atoms with Crippen LogP contribution in [0, 0.1) is 23.7 Å². The molecule has 0 N–H and O–H groups in total. The molecule has 1 aromatic carbocycles. The van der Waals surface area contributed by atoms with Crippen LogP contribution in [0.5, 0.6) is 0 Å². The van der Waals surface area contributed by atoms with Gasteiger partial charge in [0.1, 0.15) is 0 Å². The summed E-state index contributed by atoms with van der Waals surface area (Å²) in [6, 6.07) is 8.51. The van der Waals surface area contributed by atoms with E-state index in [2.05, 4.69) is 53.6 Å². The van der Waals surface area contributed by atoms with Gasteiger partial charge in [-0.25, -0.2) is 0 Å². The van der Waals surface area contributed by atoms with Gasteiger partial charge in [0.25, 0.3) is 0 Å². The molecule has 0 spiro atoms. The van der Waals surface area contributed by atoms with Gasteiger partial charge in [0.2, 0.25) is 0 Å². The van der Waals surface area contributed by atoms with Crippen molar-refractivity contribution in [2.75, 3.05) is 0 Å². The molecule has 0 saturated heterocycles. The fraction of sp³-hybridized carbons (Fsp3) is 0.708. The Balaban J connectivity index is 1.37. The number of aliphatic imine (C=N–C) groups is 1. The quantitative estimate of drug-likeness (QED) is 0.353. The van der Waals surface area contributed by atoms with Crippen LogP contribution in [0.25, 0.3) is 0 Å². The van der Waals surface area contributed by atoms with Crippen molar-refractivity contribution in [2.45, 2.75) is 84.0 Å². The average molecular weight is 370 g/mol. The molecule has 0 heterocycles. The van der Waals surface area contributed by atoms with E-state index in [0.717, 1.165) is 29.4 Å². The van der Waals surface area contributed by atoms with Gasteiger partial charge in [-0.1, -0.05) is 57.6 Å². The zero-order valence-corrected chi connectivity index (χ0v) is 17.3. The van der Waals surface area contributed by atoms with Gasteiger partial charge in [0.05, 0.1) is 10.8 Å². The molecule has 0 radical (unpaired) electrons. The maximum atomic E-state index is 4.66. The molecule has 2 heteroatoms. The second-order valence-electron chi connectivity index (χ2n) is 8.76. The lowest BCUT2D eigenvalue weighted by Crippen LogP contribution is -2.26. The highest BCUT2D eigenvalue weighted by molar-refractivity contribution is 7.78. The van der Waals surface area contributed by atoms with Crippen molar-refractivity contribution >= 4 is 23.1 Å². The molecule has 2 saturated carbocycles. The maximum absolute atomic E-state index is 4.66. The standard InChI is InChI=1S/C24H35NS/c1-2-3-19-6-12-22(13-7-19)23-14-8-20(9-15-23)4-5-21-10-16-24(17-11-21)25-18-26/h10-11,16-17,19-20,22-23H,2-9,12-15H2,1H3. The van der Waals surface area contributed by atoms with Gasteiger partial charge < -0.3 is 0 Å². The minimum absolute atomic E-state index is 0.915. The fourth-order valence-corrected chi connectivity index (χ4v) is 5.57. The van der Waals surface area contributed by atoms with Crippen LogP contribution in [0.4, 0.5) is 5.69 Å². The van der Waals surface area contributed by atoms with Gasteiger partial charge in [-0.3, -0.25) is 0 Å². The highest BCUT2D eigenvalue weighted by Crippen LogP contribution is 2.42. The van der Waals surface area contributed by atoms with Crippen LogP contribution in [-0.4, -0.2) is 5.16 Å². The smallest absolute Gasteiger partial charge is 0.0739 e. The first kappa shape index (κ1) is 19.8. The van der Waals surface area contributed by atoms with E-state index >= 15 is 0 Å². The Kier molecular flexibility index (Phi) is 7.89. The molecule has 0 aromatic heterocycles. The highest BCUT2D eigenvalue weighted by atomic mass is 32.1. The van der Waals surface area contributed by atoms with Crippen LogP contribution in [0.3, 0.4) is 0 Å². The van der Waals surface area contributed by atoms with Crippen LogP contribution in [-0.2, 0) is 6.42 Å². The van der Waals surface area contributed by atoms with E-state index < -0.39 is 0 Å². The molecular formula is C24H35NS. The van der Waals surface area contributed by atoms with E-state index in [1.54, 1.807) is 0 Å². The molecule has 142 valence electrons. The molecule has 1 aromatic rings. The number of hydrogen-bond donors (Lipinski definition) is 0. The van der Waals surface area contributed by atoms with Crippen LogP contribution < -0.4 is 0 Å². The highest BCUT2D eigenvalue weighted by Gasteiger charge is 2.30. The topological polar surface area (TPSA) is 12.4 Å². The summed E-state index contributed by atoms with van der Waals surface area (Å²) < 4.78 is 0. The first-order valence-electron chi connectivity index (χ1n) is 10.9. The summed E-state index contributed by atoms with van der Waals surface area (Å²) in [5, 5.41) is 2.44. The van der Waals surface area contributed by atoms with Crippen molar-refractivity contribution in [3.05, 3.63) is 29.8 Å². The van der Waals surface area contributed by atoms with Crippen LogP contribution in [0.1, 0.15) is 83.1 Å². The van der Waals surface area contributed by atoms with Crippen molar-refractivity contribution in [1.82, 2.24) is 0 Å².